The molecule has 0 aromatic rings. The first-order valence-corrected chi connectivity index (χ1v) is 12.4. The van der Waals surface area contributed by atoms with Gasteiger partial charge in [0.05, 0.1) is 0 Å². The second kappa shape index (κ2) is 16.1. The Morgan fingerprint density at radius 2 is 0.900 bits per heavy atom. The zero-order valence-corrected chi connectivity index (χ0v) is 19.5. The second-order valence-electron chi connectivity index (χ2n) is 8.69. The first-order chi connectivity index (χ1) is 14.5. The van der Waals surface area contributed by atoms with Crippen molar-refractivity contribution in [2.45, 2.75) is 129 Å². The molecule has 0 aromatic carbocycles. The minimum atomic E-state index is -0.954. The molecule has 0 radical (unpaired) electrons. The van der Waals surface area contributed by atoms with Crippen molar-refractivity contribution in [1.29, 1.82) is 0 Å². The van der Waals surface area contributed by atoms with Crippen molar-refractivity contribution >= 4 is 17.8 Å². The summed E-state index contributed by atoms with van der Waals surface area (Å²) in [6.07, 6.45) is 20.0. The van der Waals surface area contributed by atoms with Gasteiger partial charge < -0.3 is 5.73 Å². The predicted molar refractivity (Wildman–Crippen MR) is 123 cm³/mol. The van der Waals surface area contributed by atoms with Gasteiger partial charge in [-0.25, -0.2) is 4.79 Å². The van der Waals surface area contributed by atoms with Gasteiger partial charge in [-0.3, -0.25) is 9.59 Å². The number of nitrogens with zero attached hydrogens (tertiary/aromatic N) is 1. The van der Waals surface area contributed by atoms with Gasteiger partial charge in [-0.2, -0.15) is 4.90 Å². The van der Waals surface area contributed by atoms with Gasteiger partial charge in [-0.1, -0.05) is 104 Å². The molecule has 0 aliphatic carbocycles. The highest BCUT2D eigenvalue weighted by Crippen LogP contribution is 2.29. The van der Waals surface area contributed by atoms with Crippen LogP contribution in [-0.4, -0.2) is 22.7 Å². The van der Waals surface area contributed by atoms with Crippen LogP contribution >= 0.6 is 0 Å². The van der Waals surface area contributed by atoms with Crippen molar-refractivity contribution in [3.8, 4) is 0 Å². The standard InChI is InChI=1S/C25H44N2O3/c1-3-5-7-9-11-13-15-17-19-21-22(24(29)27(23(21)28)25(26)30)20-18-16-14-12-10-8-6-4-2/h3-20H2,1-2H3,(H2,26,30). The number of hydrogen-bond donors (Lipinski definition) is 1. The van der Waals surface area contributed by atoms with Gasteiger partial charge >= 0.3 is 6.03 Å². The van der Waals surface area contributed by atoms with Crippen molar-refractivity contribution in [3.63, 3.8) is 0 Å². The number of nitrogens with two attached hydrogens (primary N) is 1. The van der Waals surface area contributed by atoms with E-state index in [1.54, 1.807) is 0 Å². The van der Waals surface area contributed by atoms with Crippen LogP contribution in [0.3, 0.4) is 0 Å². The van der Waals surface area contributed by atoms with E-state index in [-0.39, 0.29) is 0 Å². The van der Waals surface area contributed by atoms with Crippen LogP contribution < -0.4 is 5.73 Å². The van der Waals surface area contributed by atoms with Gasteiger partial charge in [-0.15, -0.1) is 0 Å². The summed E-state index contributed by atoms with van der Waals surface area (Å²) in [4.78, 5) is 37.4. The summed E-state index contributed by atoms with van der Waals surface area (Å²) < 4.78 is 0. The lowest BCUT2D eigenvalue weighted by Gasteiger charge is -2.09. The Kier molecular flexibility index (Phi) is 14.2. The summed E-state index contributed by atoms with van der Waals surface area (Å²) in [6.45, 7) is 4.43. The molecule has 1 heterocycles. The Hall–Kier alpha value is -1.65. The summed E-state index contributed by atoms with van der Waals surface area (Å²) in [6, 6.07) is -0.954. The molecule has 0 spiro atoms. The summed E-state index contributed by atoms with van der Waals surface area (Å²) in [5.41, 5.74) is 6.36. The highest BCUT2D eigenvalue weighted by atomic mass is 16.2. The molecule has 0 fully saturated rings. The molecule has 172 valence electrons. The van der Waals surface area contributed by atoms with Crippen LogP contribution in [-0.2, 0) is 9.59 Å². The number of hydrogen-bond acceptors (Lipinski definition) is 3. The van der Waals surface area contributed by atoms with Crippen LogP contribution in [0, 0.1) is 0 Å². The van der Waals surface area contributed by atoms with Crippen LogP contribution in [0.15, 0.2) is 11.1 Å². The Morgan fingerprint density at radius 3 is 1.20 bits per heavy atom. The molecule has 0 unspecified atom stereocenters. The molecular formula is C25H44N2O3. The van der Waals surface area contributed by atoms with Crippen molar-refractivity contribution in [3.05, 3.63) is 11.1 Å². The number of carbonyl (C=O) groups is 3. The fraction of sp³-hybridized carbons (Fsp3) is 0.800. The molecule has 0 aromatic heterocycles. The zero-order valence-electron chi connectivity index (χ0n) is 19.5. The van der Waals surface area contributed by atoms with E-state index in [0.717, 1.165) is 38.5 Å². The molecular weight excluding hydrogens is 376 g/mol. The molecule has 1 aliphatic heterocycles. The average Bonchev–Trinajstić information content (AvgIpc) is 2.95. The fourth-order valence-corrected chi connectivity index (χ4v) is 4.21. The number of primary amides is 1. The van der Waals surface area contributed by atoms with Crippen LogP contribution in [0.4, 0.5) is 4.79 Å². The highest BCUT2D eigenvalue weighted by molar-refractivity contribution is 6.26. The number of unbranched alkanes of at least 4 members (excludes halogenated alkanes) is 14. The number of urea groups is 1. The van der Waals surface area contributed by atoms with Gasteiger partial charge in [0.1, 0.15) is 0 Å². The number of imide groups is 3. The minimum absolute atomic E-state index is 0.481. The van der Waals surface area contributed by atoms with Gasteiger partial charge in [-0.05, 0) is 25.7 Å². The molecule has 0 saturated heterocycles. The maximum atomic E-state index is 12.6. The van der Waals surface area contributed by atoms with Crippen molar-refractivity contribution in [2.75, 3.05) is 0 Å². The molecule has 1 rings (SSSR count). The Bertz CT molecular complexity index is 527. The van der Waals surface area contributed by atoms with Crippen LogP contribution in [0.2, 0.25) is 0 Å². The predicted octanol–water partition coefficient (Wildman–Crippen LogP) is 6.79. The zero-order chi connectivity index (χ0) is 22.2. The summed E-state index contributed by atoms with van der Waals surface area (Å²) in [7, 11) is 0. The number of amides is 4. The van der Waals surface area contributed by atoms with E-state index in [0.29, 0.717) is 28.9 Å². The van der Waals surface area contributed by atoms with Crippen LogP contribution in [0.5, 0.6) is 0 Å². The van der Waals surface area contributed by atoms with Crippen molar-refractivity contribution in [1.82, 2.24) is 4.90 Å². The fourth-order valence-electron chi connectivity index (χ4n) is 4.21. The van der Waals surface area contributed by atoms with E-state index in [2.05, 4.69) is 13.8 Å². The number of rotatable bonds is 18. The van der Waals surface area contributed by atoms with E-state index in [9.17, 15) is 14.4 Å². The smallest absolute Gasteiger partial charge is 0.328 e. The molecule has 2 N–H and O–H groups in total. The third-order valence-corrected chi connectivity index (χ3v) is 6.07. The van der Waals surface area contributed by atoms with E-state index in [1.165, 1.54) is 64.2 Å². The van der Waals surface area contributed by atoms with E-state index in [1.807, 2.05) is 0 Å². The Labute approximate surface area is 183 Å². The number of carbonyl (C=O) groups excluding carboxylic acids is 3. The third-order valence-electron chi connectivity index (χ3n) is 6.07. The monoisotopic (exact) mass is 420 g/mol. The summed E-state index contributed by atoms with van der Waals surface area (Å²) in [5.74, 6) is -0.963. The average molecular weight is 421 g/mol. The molecule has 30 heavy (non-hydrogen) atoms. The Morgan fingerprint density at radius 1 is 0.600 bits per heavy atom. The van der Waals surface area contributed by atoms with Gasteiger partial charge in [0.15, 0.2) is 0 Å². The van der Waals surface area contributed by atoms with E-state index >= 15 is 0 Å². The first-order valence-electron chi connectivity index (χ1n) is 12.4. The molecule has 0 bridgehead atoms. The lowest BCUT2D eigenvalue weighted by Crippen LogP contribution is -2.41. The largest absolute Gasteiger partial charge is 0.351 e. The normalized spacial score (nSPS) is 14.3. The lowest BCUT2D eigenvalue weighted by atomic mass is 9.97. The summed E-state index contributed by atoms with van der Waals surface area (Å²) >= 11 is 0. The molecule has 5 heteroatoms. The molecule has 1 aliphatic rings. The maximum absolute atomic E-state index is 12.6. The molecule has 0 atom stereocenters. The van der Waals surface area contributed by atoms with Gasteiger partial charge in [0.25, 0.3) is 11.8 Å². The second-order valence-corrected chi connectivity index (χ2v) is 8.69. The first kappa shape index (κ1) is 26.4. The van der Waals surface area contributed by atoms with Crippen LogP contribution in [0.1, 0.15) is 129 Å². The minimum Gasteiger partial charge on any atom is -0.351 e. The topological polar surface area (TPSA) is 80.5 Å². The van der Waals surface area contributed by atoms with E-state index in [4.69, 9.17) is 5.73 Å². The quantitative estimate of drug-likeness (QED) is 0.196. The van der Waals surface area contributed by atoms with Crippen molar-refractivity contribution < 1.29 is 14.4 Å². The molecule has 0 saturated carbocycles. The maximum Gasteiger partial charge on any atom is 0.328 e. The Balaban J connectivity index is 2.45. The lowest BCUT2D eigenvalue weighted by molar-refractivity contribution is -0.133. The van der Waals surface area contributed by atoms with Crippen molar-refractivity contribution in [2.24, 2.45) is 5.73 Å². The van der Waals surface area contributed by atoms with Gasteiger partial charge in [0, 0.05) is 11.1 Å². The molecule has 5 nitrogen and oxygen atoms in total. The highest BCUT2D eigenvalue weighted by Gasteiger charge is 2.40. The van der Waals surface area contributed by atoms with Crippen LogP contribution in [0.25, 0.3) is 0 Å². The SMILES string of the molecule is CCCCCCCCCCC1=C(CCCCCCCCCC)C(=O)N(C(N)=O)C1=O. The van der Waals surface area contributed by atoms with E-state index < -0.39 is 17.8 Å². The third kappa shape index (κ3) is 9.44. The summed E-state index contributed by atoms with van der Waals surface area (Å²) in [5, 5.41) is 0. The van der Waals surface area contributed by atoms with Gasteiger partial charge in [0.2, 0.25) is 0 Å². The molecule has 4 amide bonds.